The van der Waals surface area contributed by atoms with Crippen molar-refractivity contribution in [2.45, 2.75) is 6.10 Å². The number of anilines is 1. The summed E-state index contributed by atoms with van der Waals surface area (Å²) >= 11 is 0. The van der Waals surface area contributed by atoms with Crippen LogP contribution in [0, 0.1) is 0 Å². The Bertz CT molecular complexity index is 500. The minimum absolute atomic E-state index is 0.450. The van der Waals surface area contributed by atoms with Gasteiger partial charge in [-0.25, -0.2) is 0 Å². The smallest absolute Gasteiger partial charge is 0.142 e. The van der Waals surface area contributed by atoms with Crippen molar-refractivity contribution in [3.05, 3.63) is 53.9 Å². The number of nitrogen functional groups attached to an aromatic ring is 1. The minimum Gasteiger partial charge on any atom is -0.495 e. The van der Waals surface area contributed by atoms with Gasteiger partial charge in [-0.1, -0.05) is 18.2 Å². The molecule has 0 saturated heterocycles. The van der Waals surface area contributed by atoms with E-state index in [0.29, 0.717) is 22.6 Å². The van der Waals surface area contributed by atoms with Crippen LogP contribution in [0.4, 0.5) is 5.69 Å². The van der Waals surface area contributed by atoms with Crippen molar-refractivity contribution in [3.8, 4) is 5.75 Å². The molecule has 1 aromatic heterocycles. The molecule has 88 valence electrons. The Morgan fingerprint density at radius 3 is 2.76 bits per heavy atom. The molecule has 1 unspecified atom stereocenters. The maximum atomic E-state index is 10.2. The third-order valence-corrected chi connectivity index (χ3v) is 2.61. The normalized spacial score (nSPS) is 12.1. The summed E-state index contributed by atoms with van der Waals surface area (Å²) in [4.78, 5) is 3.97. The highest BCUT2D eigenvalue weighted by atomic mass is 16.5. The molecule has 0 fully saturated rings. The molecule has 2 aromatic rings. The number of ether oxygens (including phenoxy) is 1. The predicted octanol–water partition coefficient (Wildman–Crippen LogP) is 1.75. The summed E-state index contributed by atoms with van der Waals surface area (Å²) in [6, 6.07) is 8.90. The van der Waals surface area contributed by atoms with Gasteiger partial charge in [-0.15, -0.1) is 0 Å². The molecule has 17 heavy (non-hydrogen) atoms. The quantitative estimate of drug-likeness (QED) is 0.788. The highest BCUT2D eigenvalue weighted by Crippen LogP contribution is 2.32. The van der Waals surface area contributed by atoms with Crippen LogP contribution in [-0.4, -0.2) is 17.2 Å². The third-order valence-electron chi connectivity index (χ3n) is 2.61. The molecule has 3 N–H and O–H groups in total. The average Bonchev–Trinajstić information content (AvgIpc) is 2.39. The van der Waals surface area contributed by atoms with E-state index in [-0.39, 0.29) is 0 Å². The van der Waals surface area contributed by atoms with Gasteiger partial charge >= 0.3 is 0 Å². The number of nitrogens with two attached hydrogens (primary N) is 1. The highest BCUT2D eigenvalue weighted by molar-refractivity contribution is 5.60. The number of para-hydroxylation sites is 1. The number of methoxy groups -OCH3 is 1. The van der Waals surface area contributed by atoms with Crippen LogP contribution >= 0.6 is 0 Å². The Kier molecular flexibility index (Phi) is 3.25. The van der Waals surface area contributed by atoms with Crippen molar-refractivity contribution in [2.24, 2.45) is 0 Å². The summed E-state index contributed by atoms with van der Waals surface area (Å²) in [6.45, 7) is 0. The lowest BCUT2D eigenvalue weighted by atomic mass is 10.0. The molecule has 0 radical (unpaired) electrons. The molecule has 2 rings (SSSR count). The van der Waals surface area contributed by atoms with Crippen LogP contribution in [0.15, 0.2) is 42.7 Å². The molecular formula is C13H14N2O2. The zero-order valence-corrected chi connectivity index (χ0v) is 9.50. The Morgan fingerprint density at radius 1 is 1.29 bits per heavy atom. The molecule has 0 aliphatic rings. The number of aliphatic hydroxyl groups is 1. The van der Waals surface area contributed by atoms with Gasteiger partial charge in [-0.05, 0) is 12.1 Å². The van der Waals surface area contributed by atoms with E-state index in [1.54, 1.807) is 49.8 Å². The van der Waals surface area contributed by atoms with Gasteiger partial charge in [-0.2, -0.15) is 0 Å². The van der Waals surface area contributed by atoms with Crippen LogP contribution in [0.1, 0.15) is 17.2 Å². The van der Waals surface area contributed by atoms with Gasteiger partial charge in [0.15, 0.2) is 0 Å². The fourth-order valence-corrected chi connectivity index (χ4v) is 1.69. The van der Waals surface area contributed by atoms with Gasteiger partial charge in [0.25, 0.3) is 0 Å². The fraction of sp³-hybridized carbons (Fsp3) is 0.154. The second-order valence-corrected chi connectivity index (χ2v) is 3.65. The van der Waals surface area contributed by atoms with Crippen LogP contribution in [-0.2, 0) is 0 Å². The molecular weight excluding hydrogens is 216 g/mol. The molecule has 0 spiro atoms. The molecule has 0 aliphatic carbocycles. The lowest BCUT2D eigenvalue weighted by Crippen LogP contribution is -2.05. The van der Waals surface area contributed by atoms with Crippen LogP contribution in [0.5, 0.6) is 5.75 Å². The molecule has 1 heterocycles. The summed E-state index contributed by atoms with van der Waals surface area (Å²) < 4.78 is 5.12. The second kappa shape index (κ2) is 4.84. The summed E-state index contributed by atoms with van der Waals surface area (Å²) in [5, 5.41) is 10.2. The van der Waals surface area contributed by atoms with Gasteiger partial charge in [0.2, 0.25) is 0 Å². The van der Waals surface area contributed by atoms with Crippen molar-refractivity contribution in [3.63, 3.8) is 0 Å². The molecule has 0 saturated carbocycles. The van der Waals surface area contributed by atoms with Gasteiger partial charge in [0.1, 0.15) is 11.9 Å². The van der Waals surface area contributed by atoms with Gasteiger partial charge in [-0.3, -0.25) is 4.98 Å². The Hall–Kier alpha value is -2.07. The van der Waals surface area contributed by atoms with Crippen LogP contribution in [0.2, 0.25) is 0 Å². The van der Waals surface area contributed by atoms with E-state index >= 15 is 0 Å². The number of aliphatic hydroxyl groups excluding tert-OH is 1. The molecule has 4 nitrogen and oxygen atoms in total. The lowest BCUT2D eigenvalue weighted by Gasteiger charge is -2.15. The first-order chi connectivity index (χ1) is 8.24. The van der Waals surface area contributed by atoms with E-state index < -0.39 is 6.10 Å². The Labute approximate surface area is 99.7 Å². The number of aromatic nitrogens is 1. The van der Waals surface area contributed by atoms with Crippen molar-refractivity contribution in [1.82, 2.24) is 4.98 Å². The van der Waals surface area contributed by atoms with Crippen LogP contribution in [0.25, 0.3) is 0 Å². The maximum absolute atomic E-state index is 10.2. The zero-order valence-electron chi connectivity index (χ0n) is 9.50. The first kappa shape index (κ1) is 11.4. The lowest BCUT2D eigenvalue weighted by molar-refractivity contribution is 0.220. The number of nitrogens with zero attached hydrogens (tertiary/aromatic N) is 1. The molecule has 4 heteroatoms. The SMILES string of the molecule is COc1cccc(C(O)c2cccnc2)c1N. The summed E-state index contributed by atoms with van der Waals surface area (Å²) in [5.41, 5.74) is 7.70. The Morgan fingerprint density at radius 2 is 2.12 bits per heavy atom. The molecule has 1 atom stereocenters. The number of rotatable bonds is 3. The standard InChI is InChI=1S/C13H14N2O2/c1-17-11-6-2-5-10(12(11)14)13(16)9-4-3-7-15-8-9/h2-8,13,16H,14H2,1H3. The monoisotopic (exact) mass is 230 g/mol. The molecule has 1 aromatic carbocycles. The third kappa shape index (κ3) is 2.21. The number of hydrogen-bond acceptors (Lipinski definition) is 4. The van der Waals surface area contributed by atoms with E-state index in [9.17, 15) is 5.11 Å². The number of hydrogen-bond donors (Lipinski definition) is 2. The first-order valence-electron chi connectivity index (χ1n) is 5.24. The van der Waals surface area contributed by atoms with E-state index in [1.807, 2.05) is 0 Å². The van der Waals surface area contributed by atoms with Crippen LogP contribution < -0.4 is 10.5 Å². The first-order valence-corrected chi connectivity index (χ1v) is 5.24. The average molecular weight is 230 g/mol. The summed E-state index contributed by atoms with van der Waals surface area (Å²) in [6.07, 6.45) is 2.48. The van der Waals surface area contributed by atoms with E-state index in [0.717, 1.165) is 0 Å². The van der Waals surface area contributed by atoms with Crippen molar-refractivity contribution < 1.29 is 9.84 Å². The van der Waals surface area contributed by atoms with E-state index in [1.165, 1.54) is 0 Å². The van der Waals surface area contributed by atoms with Crippen molar-refractivity contribution in [1.29, 1.82) is 0 Å². The topological polar surface area (TPSA) is 68.4 Å². The number of benzene rings is 1. The van der Waals surface area contributed by atoms with Gasteiger partial charge < -0.3 is 15.6 Å². The minimum atomic E-state index is -0.793. The molecule has 0 amide bonds. The zero-order chi connectivity index (χ0) is 12.3. The van der Waals surface area contributed by atoms with Crippen LogP contribution in [0.3, 0.4) is 0 Å². The summed E-state index contributed by atoms with van der Waals surface area (Å²) in [7, 11) is 1.55. The number of pyridine rings is 1. The van der Waals surface area contributed by atoms with E-state index in [4.69, 9.17) is 10.5 Å². The maximum Gasteiger partial charge on any atom is 0.142 e. The van der Waals surface area contributed by atoms with Crippen molar-refractivity contribution >= 4 is 5.69 Å². The Balaban J connectivity index is 2.41. The summed E-state index contributed by atoms with van der Waals surface area (Å²) in [5.74, 6) is 0.561. The van der Waals surface area contributed by atoms with E-state index in [2.05, 4.69) is 4.98 Å². The highest BCUT2D eigenvalue weighted by Gasteiger charge is 2.15. The van der Waals surface area contributed by atoms with Gasteiger partial charge in [0, 0.05) is 23.5 Å². The fourth-order valence-electron chi connectivity index (χ4n) is 1.69. The molecule has 0 bridgehead atoms. The van der Waals surface area contributed by atoms with Crippen molar-refractivity contribution in [2.75, 3.05) is 12.8 Å². The predicted molar refractivity (Wildman–Crippen MR) is 65.7 cm³/mol. The van der Waals surface area contributed by atoms with Gasteiger partial charge in [0.05, 0.1) is 12.8 Å². The largest absolute Gasteiger partial charge is 0.495 e. The molecule has 0 aliphatic heterocycles. The second-order valence-electron chi connectivity index (χ2n) is 3.65.